The zero-order valence-electron chi connectivity index (χ0n) is 19.7. The Kier molecular flexibility index (Phi) is 8.08. The van der Waals surface area contributed by atoms with Crippen molar-refractivity contribution in [3.05, 3.63) is 48.5 Å². The van der Waals surface area contributed by atoms with Crippen molar-refractivity contribution < 1.29 is 0 Å². The Bertz CT molecular complexity index is 1020. The van der Waals surface area contributed by atoms with Crippen molar-refractivity contribution in [2.45, 2.75) is 26.8 Å². The second-order valence-electron chi connectivity index (χ2n) is 8.22. The fourth-order valence-electron chi connectivity index (χ4n) is 4.20. The number of guanidine groups is 1. The summed E-state index contributed by atoms with van der Waals surface area (Å²) in [5, 5.41) is 6.85. The van der Waals surface area contributed by atoms with Crippen LogP contribution in [-0.2, 0) is 6.54 Å². The number of hydrogen-bond acceptors (Lipinski definition) is 6. The zero-order valence-corrected chi connectivity index (χ0v) is 19.7. The Morgan fingerprint density at radius 2 is 1.79 bits per heavy atom. The Balaban J connectivity index is 1.19. The van der Waals surface area contributed by atoms with Crippen molar-refractivity contribution in [1.29, 1.82) is 0 Å². The number of nitrogens with zero attached hydrogens (tertiary/aromatic N) is 7. The first-order valence-corrected chi connectivity index (χ1v) is 11.9. The second kappa shape index (κ2) is 11.6. The molecule has 1 aliphatic rings. The topological polar surface area (TPSA) is 86.5 Å². The molecular weight excluding hydrogens is 414 g/mol. The van der Waals surface area contributed by atoms with Crippen molar-refractivity contribution in [2.24, 2.45) is 4.99 Å². The van der Waals surface area contributed by atoms with Gasteiger partial charge in [-0.1, -0.05) is 12.1 Å². The number of aryl methyl sites for hydroxylation is 2. The molecule has 0 spiro atoms. The molecule has 0 atom stereocenters. The maximum atomic E-state index is 4.77. The van der Waals surface area contributed by atoms with Crippen molar-refractivity contribution in [3.8, 4) is 0 Å². The number of aliphatic imine (C=N–C) groups is 1. The molecule has 3 heterocycles. The Morgan fingerprint density at radius 3 is 2.58 bits per heavy atom. The van der Waals surface area contributed by atoms with Crippen LogP contribution in [0.25, 0.3) is 11.0 Å². The minimum absolute atomic E-state index is 0.775. The maximum absolute atomic E-state index is 4.77. The van der Waals surface area contributed by atoms with E-state index in [2.05, 4.69) is 72.0 Å². The van der Waals surface area contributed by atoms with Gasteiger partial charge in [0.2, 0.25) is 5.95 Å². The number of anilines is 1. The molecule has 1 aromatic carbocycles. The highest BCUT2D eigenvalue weighted by molar-refractivity contribution is 5.79. The summed E-state index contributed by atoms with van der Waals surface area (Å²) in [7, 11) is 0. The average molecular weight is 450 g/mol. The quantitative estimate of drug-likeness (QED) is 0.293. The SMILES string of the molecule is CCNC(=NCCCn1c(C)nc2ccccc21)NCCN1CCN(c2ncccn2)CC1. The lowest BCUT2D eigenvalue weighted by Gasteiger charge is -2.34. The lowest BCUT2D eigenvalue weighted by atomic mass is 10.3. The van der Waals surface area contributed by atoms with Crippen molar-refractivity contribution in [3.63, 3.8) is 0 Å². The zero-order chi connectivity index (χ0) is 22.9. The lowest BCUT2D eigenvalue weighted by molar-refractivity contribution is 0.260. The Labute approximate surface area is 196 Å². The van der Waals surface area contributed by atoms with Gasteiger partial charge in [0, 0.05) is 71.3 Å². The molecule has 0 unspecified atom stereocenters. The van der Waals surface area contributed by atoms with Gasteiger partial charge in [0.25, 0.3) is 0 Å². The van der Waals surface area contributed by atoms with E-state index in [1.807, 2.05) is 12.1 Å². The van der Waals surface area contributed by atoms with Gasteiger partial charge in [-0.2, -0.15) is 0 Å². The van der Waals surface area contributed by atoms with E-state index >= 15 is 0 Å². The molecule has 176 valence electrons. The van der Waals surface area contributed by atoms with Crippen LogP contribution in [0.4, 0.5) is 5.95 Å². The van der Waals surface area contributed by atoms with Crippen LogP contribution < -0.4 is 15.5 Å². The molecule has 33 heavy (non-hydrogen) atoms. The lowest BCUT2D eigenvalue weighted by Crippen LogP contribution is -2.49. The fourth-order valence-corrected chi connectivity index (χ4v) is 4.20. The summed E-state index contributed by atoms with van der Waals surface area (Å²) in [6.45, 7) is 12.5. The third-order valence-electron chi connectivity index (χ3n) is 5.93. The number of rotatable bonds is 9. The standard InChI is InChI=1S/C24H35N9/c1-3-25-23(26-12-7-14-33-20(2)30-21-8-4-5-9-22(21)33)27-13-15-31-16-18-32(19-17-31)24-28-10-6-11-29-24/h4-6,8-11H,3,7,12-19H2,1-2H3,(H2,25,26,27). The van der Waals surface area contributed by atoms with E-state index in [0.717, 1.165) is 88.6 Å². The number of aromatic nitrogens is 4. The predicted molar refractivity (Wildman–Crippen MR) is 134 cm³/mol. The van der Waals surface area contributed by atoms with E-state index in [4.69, 9.17) is 4.99 Å². The summed E-state index contributed by atoms with van der Waals surface area (Å²) in [6, 6.07) is 10.2. The number of fused-ring (bicyclic) bond motifs is 1. The van der Waals surface area contributed by atoms with Crippen LogP contribution in [0.1, 0.15) is 19.2 Å². The summed E-state index contributed by atoms with van der Waals surface area (Å²) in [6.07, 6.45) is 4.58. The molecule has 1 saturated heterocycles. The molecule has 1 aliphatic heterocycles. The molecule has 9 nitrogen and oxygen atoms in total. The monoisotopic (exact) mass is 449 g/mol. The first-order chi connectivity index (χ1) is 16.2. The third kappa shape index (κ3) is 6.19. The molecule has 9 heteroatoms. The van der Waals surface area contributed by atoms with Crippen LogP contribution in [0.5, 0.6) is 0 Å². The van der Waals surface area contributed by atoms with E-state index in [1.54, 1.807) is 12.4 Å². The highest BCUT2D eigenvalue weighted by Crippen LogP contribution is 2.15. The number of para-hydroxylation sites is 2. The number of benzene rings is 1. The largest absolute Gasteiger partial charge is 0.357 e. The van der Waals surface area contributed by atoms with E-state index < -0.39 is 0 Å². The molecule has 0 radical (unpaired) electrons. The van der Waals surface area contributed by atoms with Gasteiger partial charge in [0.15, 0.2) is 5.96 Å². The maximum Gasteiger partial charge on any atom is 0.225 e. The smallest absolute Gasteiger partial charge is 0.225 e. The molecule has 0 saturated carbocycles. The average Bonchev–Trinajstić information content (AvgIpc) is 3.17. The minimum Gasteiger partial charge on any atom is -0.357 e. The van der Waals surface area contributed by atoms with Gasteiger partial charge in [0.05, 0.1) is 11.0 Å². The molecule has 4 rings (SSSR count). The number of imidazole rings is 1. The van der Waals surface area contributed by atoms with E-state index in [9.17, 15) is 0 Å². The van der Waals surface area contributed by atoms with E-state index in [1.165, 1.54) is 5.52 Å². The molecule has 0 amide bonds. The molecule has 2 aromatic heterocycles. The van der Waals surface area contributed by atoms with Crippen LogP contribution in [0.2, 0.25) is 0 Å². The molecule has 0 bridgehead atoms. The van der Waals surface area contributed by atoms with Gasteiger partial charge in [-0.05, 0) is 38.5 Å². The van der Waals surface area contributed by atoms with Gasteiger partial charge in [0.1, 0.15) is 5.82 Å². The van der Waals surface area contributed by atoms with Crippen LogP contribution in [0, 0.1) is 6.92 Å². The van der Waals surface area contributed by atoms with Crippen molar-refractivity contribution >= 4 is 22.9 Å². The second-order valence-corrected chi connectivity index (χ2v) is 8.22. The van der Waals surface area contributed by atoms with Crippen molar-refractivity contribution in [1.82, 2.24) is 35.1 Å². The Hall–Kier alpha value is -3.20. The van der Waals surface area contributed by atoms with E-state index in [0.29, 0.717) is 0 Å². The number of hydrogen-bond donors (Lipinski definition) is 2. The number of piperazine rings is 1. The molecule has 1 fully saturated rings. The van der Waals surface area contributed by atoms with Crippen LogP contribution in [-0.4, -0.2) is 82.7 Å². The molecule has 2 N–H and O–H groups in total. The van der Waals surface area contributed by atoms with Crippen molar-refractivity contribution in [2.75, 3.05) is 57.3 Å². The fraction of sp³-hybridized carbons (Fsp3) is 0.500. The van der Waals surface area contributed by atoms with Gasteiger partial charge in [-0.3, -0.25) is 9.89 Å². The third-order valence-corrected chi connectivity index (χ3v) is 5.93. The minimum atomic E-state index is 0.775. The van der Waals surface area contributed by atoms with Crippen LogP contribution in [0.3, 0.4) is 0 Å². The van der Waals surface area contributed by atoms with Gasteiger partial charge in [-0.25, -0.2) is 15.0 Å². The Morgan fingerprint density at radius 1 is 1.00 bits per heavy atom. The molecule has 3 aromatic rings. The van der Waals surface area contributed by atoms with E-state index in [-0.39, 0.29) is 0 Å². The number of nitrogens with one attached hydrogen (secondary N) is 2. The van der Waals surface area contributed by atoms with Crippen LogP contribution >= 0.6 is 0 Å². The van der Waals surface area contributed by atoms with Gasteiger partial charge < -0.3 is 20.1 Å². The highest BCUT2D eigenvalue weighted by Gasteiger charge is 2.18. The normalized spacial score (nSPS) is 15.2. The molecular formula is C24H35N9. The van der Waals surface area contributed by atoms with Gasteiger partial charge >= 0.3 is 0 Å². The highest BCUT2D eigenvalue weighted by atomic mass is 15.3. The summed E-state index contributed by atoms with van der Waals surface area (Å²) in [4.78, 5) is 22.9. The summed E-state index contributed by atoms with van der Waals surface area (Å²) in [5.74, 6) is 2.78. The predicted octanol–water partition coefficient (Wildman–Crippen LogP) is 1.90. The van der Waals surface area contributed by atoms with Gasteiger partial charge in [-0.15, -0.1) is 0 Å². The summed E-state index contributed by atoms with van der Waals surface area (Å²) >= 11 is 0. The summed E-state index contributed by atoms with van der Waals surface area (Å²) < 4.78 is 2.28. The van der Waals surface area contributed by atoms with Crippen LogP contribution in [0.15, 0.2) is 47.7 Å². The molecule has 0 aliphatic carbocycles. The first kappa shape index (κ1) is 23.0. The first-order valence-electron chi connectivity index (χ1n) is 11.9. The summed E-state index contributed by atoms with van der Waals surface area (Å²) in [5.41, 5.74) is 2.26.